The van der Waals surface area contributed by atoms with Gasteiger partial charge >= 0.3 is 0 Å². The fourth-order valence-corrected chi connectivity index (χ4v) is 2.45. The molecule has 1 aliphatic rings. The molecule has 0 aliphatic carbocycles. The van der Waals surface area contributed by atoms with Crippen molar-refractivity contribution in [3.05, 3.63) is 0 Å². The molecule has 1 amide bonds. The molecule has 0 aromatic heterocycles. The van der Waals surface area contributed by atoms with Crippen molar-refractivity contribution in [3.63, 3.8) is 0 Å². The molecular weight excluding hydrogens is 226 g/mol. The van der Waals surface area contributed by atoms with E-state index in [2.05, 4.69) is 29.4 Å². The Hall–Kier alpha value is -0.610. The van der Waals surface area contributed by atoms with Crippen LogP contribution in [0.25, 0.3) is 0 Å². The first-order chi connectivity index (χ1) is 8.63. The van der Waals surface area contributed by atoms with Gasteiger partial charge in [0.05, 0.1) is 6.04 Å². The van der Waals surface area contributed by atoms with Crippen LogP contribution in [0, 0.1) is 0 Å². The summed E-state index contributed by atoms with van der Waals surface area (Å²) in [7, 11) is 0. The number of carbonyl (C=O) groups is 1. The van der Waals surface area contributed by atoms with E-state index >= 15 is 0 Å². The van der Waals surface area contributed by atoms with Crippen molar-refractivity contribution in [2.24, 2.45) is 0 Å². The Labute approximate surface area is 111 Å². The summed E-state index contributed by atoms with van der Waals surface area (Å²) in [4.78, 5) is 14.3. The van der Waals surface area contributed by atoms with Crippen LogP contribution in [0.1, 0.15) is 46.5 Å². The maximum atomic E-state index is 11.8. The summed E-state index contributed by atoms with van der Waals surface area (Å²) in [5, 5.41) is 6.35. The zero-order valence-corrected chi connectivity index (χ0v) is 12.2. The second-order valence-corrected chi connectivity index (χ2v) is 5.44. The van der Waals surface area contributed by atoms with Crippen LogP contribution in [0.2, 0.25) is 0 Å². The smallest absolute Gasteiger partial charge is 0.236 e. The van der Waals surface area contributed by atoms with Gasteiger partial charge < -0.3 is 15.5 Å². The third-order valence-electron chi connectivity index (χ3n) is 3.49. The largest absolute Gasteiger partial charge is 0.355 e. The van der Waals surface area contributed by atoms with Gasteiger partial charge in [0.15, 0.2) is 0 Å². The summed E-state index contributed by atoms with van der Waals surface area (Å²) in [5.74, 6) is 0.122. The fraction of sp³-hybridized carbons (Fsp3) is 0.929. The number of unbranched alkanes of at least 4 members (excludes halogenated alkanes) is 1. The van der Waals surface area contributed by atoms with Crippen LogP contribution in [-0.4, -0.2) is 49.1 Å². The first kappa shape index (κ1) is 15.4. The van der Waals surface area contributed by atoms with Crippen LogP contribution in [-0.2, 0) is 4.79 Å². The third kappa shape index (κ3) is 5.83. The molecule has 2 unspecified atom stereocenters. The summed E-state index contributed by atoms with van der Waals surface area (Å²) in [6.07, 6.45) is 4.81. The molecule has 18 heavy (non-hydrogen) atoms. The topological polar surface area (TPSA) is 44.4 Å². The molecule has 0 aromatic carbocycles. The Kier molecular flexibility index (Phi) is 7.28. The predicted octanol–water partition coefficient (Wildman–Crippen LogP) is 1.37. The highest BCUT2D eigenvalue weighted by Crippen LogP contribution is 2.07. The van der Waals surface area contributed by atoms with E-state index < -0.39 is 0 Å². The van der Waals surface area contributed by atoms with Crippen molar-refractivity contribution in [2.75, 3.05) is 26.2 Å². The molecule has 1 heterocycles. The molecule has 1 rings (SSSR count). The van der Waals surface area contributed by atoms with Gasteiger partial charge in [0.2, 0.25) is 5.91 Å². The second kappa shape index (κ2) is 8.48. The van der Waals surface area contributed by atoms with Crippen LogP contribution in [0.4, 0.5) is 0 Å². The standard InChI is InChI=1S/C14H29N3O/c1-4-5-8-15-14(18)13(3)16-12(2)11-17-9-6-7-10-17/h12-13,16H,4-11H2,1-3H3,(H,15,18). The predicted molar refractivity (Wildman–Crippen MR) is 75.7 cm³/mol. The van der Waals surface area contributed by atoms with Gasteiger partial charge in [-0.3, -0.25) is 4.79 Å². The molecule has 0 bridgehead atoms. The Morgan fingerprint density at radius 2 is 1.94 bits per heavy atom. The lowest BCUT2D eigenvalue weighted by atomic mass is 10.2. The van der Waals surface area contributed by atoms with Crippen molar-refractivity contribution < 1.29 is 4.79 Å². The third-order valence-corrected chi connectivity index (χ3v) is 3.49. The number of nitrogens with zero attached hydrogens (tertiary/aromatic N) is 1. The monoisotopic (exact) mass is 255 g/mol. The number of nitrogens with one attached hydrogen (secondary N) is 2. The van der Waals surface area contributed by atoms with Gasteiger partial charge in [0.1, 0.15) is 0 Å². The fourth-order valence-electron chi connectivity index (χ4n) is 2.45. The SMILES string of the molecule is CCCCNC(=O)C(C)NC(C)CN1CCCC1. The number of rotatable bonds is 8. The normalized spacial score (nSPS) is 19.7. The number of hydrogen-bond acceptors (Lipinski definition) is 3. The van der Waals surface area contributed by atoms with E-state index in [0.29, 0.717) is 6.04 Å². The van der Waals surface area contributed by atoms with Gasteiger partial charge in [-0.1, -0.05) is 13.3 Å². The highest BCUT2D eigenvalue weighted by Gasteiger charge is 2.18. The minimum atomic E-state index is -0.0977. The minimum Gasteiger partial charge on any atom is -0.355 e. The molecule has 2 N–H and O–H groups in total. The Morgan fingerprint density at radius 1 is 1.28 bits per heavy atom. The number of hydrogen-bond donors (Lipinski definition) is 2. The summed E-state index contributed by atoms with van der Waals surface area (Å²) in [6, 6.07) is 0.273. The molecule has 0 aromatic rings. The van der Waals surface area contributed by atoms with Crippen LogP contribution >= 0.6 is 0 Å². The Morgan fingerprint density at radius 3 is 2.56 bits per heavy atom. The van der Waals surface area contributed by atoms with Crippen molar-refractivity contribution in [1.29, 1.82) is 0 Å². The summed E-state index contributed by atoms with van der Waals surface area (Å²) in [5.41, 5.74) is 0. The summed E-state index contributed by atoms with van der Waals surface area (Å²) >= 11 is 0. The van der Waals surface area contributed by atoms with Crippen molar-refractivity contribution >= 4 is 5.91 Å². The molecule has 4 heteroatoms. The molecule has 1 saturated heterocycles. The molecule has 106 valence electrons. The maximum Gasteiger partial charge on any atom is 0.236 e. The molecule has 1 aliphatic heterocycles. The van der Waals surface area contributed by atoms with E-state index in [9.17, 15) is 4.79 Å². The molecular formula is C14H29N3O. The lowest BCUT2D eigenvalue weighted by Gasteiger charge is -2.24. The summed E-state index contributed by atoms with van der Waals surface area (Å²) in [6.45, 7) is 10.5. The number of carbonyl (C=O) groups excluding carboxylic acids is 1. The maximum absolute atomic E-state index is 11.8. The van der Waals surface area contributed by atoms with Gasteiger partial charge in [-0.25, -0.2) is 0 Å². The molecule has 1 fully saturated rings. The van der Waals surface area contributed by atoms with Crippen LogP contribution < -0.4 is 10.6 Å². The molecule has 0 spiro atoms. The van der Waals surface area contributed by atoms with E-state index in [1.165, 1.54) is 25.9 Å². The van der Waals surface area contributed by atoms with Gasteiger partial charge in [-0.05, 0) is 46.2 Å². The quantitative estimate of drug-likeness (QED) is 0.644. The van der Waals surface area contributed by atoms with Gasteiger partial charge in [-0.15, -0.1) is 0 Å². The van der Waals surface area contributed by atoms with Gasteiger partial charge in [0, 0.05) is 19.1 Å². The Bertz CT molecular complexity index is 239. The van der Waals surface area contributed by atoms with E-state index in [1.54, 1.807) is 0 Å². The van der Waals surface area contributed by atoms with Gasteiger partial charge in [-0.2, -0.15) is 0 Å². The lowest BCUT2D eigenvalue weighted by molar-refractivity contribution is -0.122. The van der Waals surface area contributed by atoms with E-state index in [1.807, 2.05) is 6.92 Å². The Balaban J connectivity index is 2.16. The van der Waals surface area contributed by atoms with E-state index in [0.717, 1.165) is 25.9 Å². The van der Waals surface area contributed by atoms with E-state index in [-0.39, 0.29) is 11.9 Å². The highest BCUT2D eigenvalue weighted by molar-refractivity contribution is 5.81. The van der Waals surface area contributed by atoms with Gasteiger partial charge in [0.25, 0.3) is 0 Å². The average molecular weight is 255 g/mol. The van der Waals surface area contributed by atoms with Crippen molar-refractivity contribution in [1.82, 2.24) is 15.5 Å². The highest BCUT2D eigenvalue weighted by atomic mass is 16.2. The molecule has 2 atom stereocenters. The summed E-state index contributed by atoms with van der Waals surface area (Å²) < 4.78 is 0. The molecule has 4 nitrogen and oxygen atoms in total. The average Bonchev–Trinajstić information content (AvgIpc) is 2.81. The van der Waals surface area contributed by atoms with Crippen LogP contribution in [0.15, 0.2) is 0 Å². The van der Waals surface area contributed by atoms with Crippen LogP contribution in [0.5, 0.6) is 0 Å². The van der Waals surface area contributed by atoms with E-state index in [4.69, 9.17) is 0 Å². The van der Waals surface area contributed by atoms with Crippen molar-refractivity contribution in [2.45, 2.75) is 58.5 Å². The number of amides is 1. The van der Waals surface area contributed by atoms with Crippen LogP contribution in [0.3, 0.4) is 0 Å². The first-order valence-electron chi connectivity index (χ1n) is 7.39. The molecule has 0 radical (unpaired) electrons. The van der Waals surface area contributed by atoms with Crippen molar-refractivity contribution in [3.8, 4) is 0 Å². The zero-order valence-electron chi connectivity index (χ0n) is 12.2. The second-order valence-electron chi connectivity index (χ2n) is 5.44. The molecule has 0 saturated carbocycles. The number of likely N-dealkylation sites (tertiary alicyclic amines) is 1. The minimum absolute atomic E-state index is 0.0977. The zero-order chi connectivity index (χ0) is 13.4. The first-order valence-corrected chi connectivity index (χ1v) is 7.39. The lowest BCUT2D eigenvalue weighted by Crippen LogP contribution is -2.49.